The molecule has 2 heteroatoms. The lowest BCUT2D eigenvalue weighted by Crippen LogP contribution is -2.35. The molecule has 1 nitrogen and oxygen atoms in total. The first-order valence-electron chi connectivity index (χ1n) is 7.40. The van der Waals surface area contributed by atoms with Crippen molar-refractivity contribution in [3.05, 3.63) is 35.9 Å². The van der Waals surface area contributed by atoms with Crippen LogP contribution in [0.25, 0.3) is 0 Å². The Balaban J connectivity index is 2.49. The second kappa shape index (κ2) is 7.50. The quantitative estimate of drug-likeness (QED) is 0.577. The van der Waals surface area contributed by atoms with Crippen LogP contribution in [-0.2, 0) is 4.74 Å². The molecular formula is C19H26OSi. The molecule has 1 atom stereocenters. The molecule has 0 heterocycles. The Labute approximate surface area is 131 Å². The van der Waals surface area contributed by atoms with Crippen LogP contribution in [0.1, 0.15) is 33.3 Å². The molecule has 0 bridgehead atoms. The van der Waals surface area contributed by atoms with Crippen LogP contribution in [0.2, 0.25) is 18.1 Å². The molecule has 1 aromatic rings. The summed E-state index contributed by atoms with van der Waals surface area (Å²) in [5.74, 6) is 9.39. The third-order valence-electron chi connectivity index (χ3n) is 3.87. The van der Waals surface area contributed by atoms with Gasteiger partial charge in [0, 0.05) is 5.56 Å². The van der Waals surface area contributed by atoms with E-state index in [9.17, 15) is 0 Å². The predicted molar refractivity (Wildman–Crippen MR) is 93.7 cm³/mol. The molecule has 0 aliphatic carbocycles. The van der Waals surface area contributed by atoms with E-state index in [1.807, 2.05) is 37.3 Å². The lowest BCUT2D eigenvalue weighted by Gasteiger charge is -2.31. The SMILES string of the molecule is CC(C#Cc1ccccc1)OCC#C[Si](C)(C)C(C)(C)C. The summed E-state index contributed by atoms with van der Waals surface area (Å²) in [5.41, 5.74) is 4.46. The molecule has 0 saturated carbocycles. The molecule has 21 heavy (non-hydrogen) atoms. The maximum atomic E-state index is 5.65. The van der Waals surface area contributed by atoms with Gasteiger partial charge >= 0.3 is 0 Å². The van der Waals surface area contributed by atoms with Gasteiger partial charge in [-0.25, -0.2) is 0 Å². The van der Waals surface area contributed by atoms with Crippen molar-refractivity contribution in [3.63, 3.8) is 0 Å². The van der Waals surface area contributed by atoms with E-state index < -0.39 is 8.07 Å². The summed E-state index contributed by atoms with van der Waals surface area (Å²) in [6, 6.07) is 9.95. The predicted octanol–water partition coefficient (Wildman–Crippen LogP) is 4.49. The summed E-state index contributed by atoms with van der Waals surface area (Å²) in [6.45, 7) is 13.8. The molecule has 1 unspecified atom stereocenters. The molecule has 0 N–H and O–H groups in total. The van der Waals surface area contributed by atoms with E-state index in [0.29, 0.717) is 11.6 Å². The monoisotopic (exact) mass is 298 g/mol. The van der Waals surface area contributed by atoms with Crippen molar-refractivity contribution in [2.75, 3.05) is 6.61 Å². The van der Waals surface area contributed by atoms with Gasteiger partial charge < -0.3 is 4.74 Å². The van der Waals surface area contributed by atoms with Gasteiger partial charge in [0.1, 0.15) is 20.8 Å². The van der Waals surface area contributed by atoms with Gasteiger partial charge in [-0.15, -0.1) is 5.54 Å². The van der Waals surface area contributed by atoms with Crippen molar-refractivity contribution < 1.29 is 4.74 Å². The Morgan fingerprint density at radius 1 is 1.14 bits per heavy atom. The largest absolute Gasteiger partial charge is 0.353 e. The molecular weight excluding hydrogens is 272 g/mol. The second-order valence-electron chi connectivity index (χ2n) is 6.77. The minimum Gasteiger partial charge on any atom is -0.353 e. The molecule has 0 aliphatic heterocycles. The van der Waals surface area contributed by atoms with Crippen LogP contribution in [0, 0.1) is 23.3 Å². The minimum absolute atomic E-state index is 0.0982. The Hall–Kier alpha value is -1.48. The molecule has 0 spiro atoms. The highest BCUT2D eigenvalue weighted by Gasteiger charge is 2.33. The number of benzene rings is 1. The highest BCUT2D eigenvalue weighted by Crippen LogP contribution is 2.34. The fraction of sp³-hybridized carbons (Fsp3) is 0.474. The van der Waals surface area contributed by atoms with Gasteiger partial charge in [-0.05, 0) is 24.1 Å². The molecule has 1 aromatic carbocycles. The summed E-state index contributed by atoms with van der Waals surface area (Å²) in [4.78, 5) is 0. The molecule has 0 fully saturated rings. The molecule has 0 saturated heterocycles. The molecule has 0 aromatic heterocycles. The molecule has 0 aliphatic rings. The topological polar surface area (TPSA) is 9.23 Å². The third-order valence-corrected chi connectivity index (χ3v) is 8.43. The van der Waals surface area contributed by atoms with Gasteiger partial charge in [-0.3, -0.25) is 0 Å². The lowest BCUT2D eigenvalue weighted by atomic mass is 10.2. The lowest BCUT2D eigenvalue weighted by molar-refractivity contribution is 0.134. The van der Waals surface area contributed by atoms with Crippen LogP contribution < -0.4 is 0 Å². The zero-order valence-electron chi connectivity index (χ0n) is 14.1. The Kier molecular flexibility index (Phi) is 6.28. The van der Waals surface area contributed by atoms with Gasteiger partial charge in [0.2, 0.25) is 0 Å². The summed E-state index contributed by atoms with van der Waals surface area (Å²) in [7, 11) is -1.53. The number of hydrogen-bond acceptors (Lipinski definition) is 1. The molecule has 112 valence electrons. The standard InChI is InChI=1S/C19H26OSi/c1-17(13-14-18-11-8-7-9-12-18)20-15-10-16-21(5,6)19(2,3)4/h7-9,11-12,17H,15H2,1-6H3. The first-order chi connectivity index (χ1) is 9.72. The van der Waals surface area contributed by atoms with Crippen molar-refractivity contribution in [3.8, 4) is 23.3 Å². The van der Waals surface area contributed by atoms with Crippen molar-refractivity contribution in [1.82, 2.24) is 0 Å². The Bertz CT molecular complexity index is 559. The summed E-state index contributed by atoms with van der Waals surface area (Å²) in [5, 5.41) is 0.290. The van der Waals surface area contributed by atoms with Gasteiger partial charge in [0.05, 0.1) is 0 Å². The third kappa shape index (κ3) is 6.21. The number of hydrogen-bond donors (Lipinski definition) is 0. The van der Waals surface area contributed by atoms with E-state index in [0.717, 1.165) is 5.56 Å². The van der Waals surface area contributed by atoms with Crippen molar-refractivity contribution >= 4 is 8.07 Å². The summed E-state index contributed by atoms with van der Waals surface area (Å²) < 4.78 is 5.65. The van der Waals surface area contributed by atoms with Crippen molar-refractivity contribution in [2.24, 2.45) is 0 Å². The number of rotatable bonds is 2. The van der Waals surface area contributed by atoms with Gasteiger partial charge in [-0.2, -0.15) is 0 Å². The van der Waals surface area contributed by atoms with Crippen LogP contribution in [0.3, 0.4) is 0 Å². The first-order valence-corrected chi connectivity index (χ1v) is 10.4. The van der Waals surface area contributed by atoms with Crippen LogP contribution >= 0.6 is 0 Å². The Morgan fingerprint density at radius 3 is 2.33 bits per heavy atom. The highest BCUT2D eigenvalue weighted by molar-refractivity contribution is 6.87. The maximum absolute atomic E-state index is 5.65. The van der Waals surface area contributed by atoms with E-state index in [2.05, 4.69) is 57.2 Å². The average molecular weight is 299 g/mol. The highest BCUT2D eigenvalue weighted by atomic mass is 28.3. The van der Waals surface area contributed by atoms with Crippen LogP contribution in [0.5, 0.6) is 0 Å². The van der Waals surface area contributed by atoms with Crippen LogP contribution in [0.4, 0.5) is 0 Å². The van der Waals surface area contributed by atoms with Gasteiger partial charge in [0.25, 0.3) is 0 Å². The zero-order chi connectivity index (χ0) is 15.9. The first kappa shape index (κ1) is 17.6. The van der Waals surface area contributed by atoms with Gasteiger partial charge in [-0.1, -0.05) is 69.8 Å². The molecule has 0 amide bonds. The van der Waals surface area contributed by atoms with Crippen molar-refractivity contribution in [1.29, 1.82) is 0 Å². The average Bonchev–Trinajstić information content (AvgIpc) is 2.41. The number of ether oxygens (including phenoxy) is 1. The Morgan fingerprint density at radius 2 is 1.76 bits per heavy atom. The van der Waals surface area contributed by atoms with E-state index in [4.69, 9.17) is 4.74 Å². The fourth-order valence-corrected chi connectivity index (χ4v) is 2.25. The molecule has 0 radical (unpaired) electrons. The zero-order valence-corrected chi connectivity index (χ0v) is 15.1. The van der Waals surface area contributed by atoms with Crippen LogP contribution in [0.15, 0.2) is 30.3 Å². The normalized spacial score (nSPS) is 12.7. The second-order valence-corrected chi connectivity index (χ2v) is 11.8. The van der Waals surface area contributed by atoms with E-state index in [1.54, 1.807) is 0 Å². The maximum Gasteiger partial charge on any atom is 0.137 e. The minimum atomic E-state index is -1.53. The van der Waals surface area contributed by atoms with Crippen molar-refractivity contribution in [2.45, 2.75) is 51.9 Å². The molecule has 1 rings (SSSR count). The van der Waals surface area contributed by atoms with Gasteiger partial charge in [0.15, 0.2) is 0 Å². The van der Waals surface area contributed by atoms with Crippen LogP contribution in [-0.4, -0.2) is 20.8 Å². The summed E-state index contributed by atoms with van der Waals surface area (Å²) >= 11 is 0. The van der Waals surface area contributed by atoms with E-state index in [1.165, 1.54) is 0 Å². The fourth-order valence-electron chi connectivity index (χ4n) is 1.36. The summed E-state index contributed by atoms with van der Waals surface area (Å²) in [6.07, 6.45) is -0.0982. The van der Waals surface area contributed by atoms with E-state index >= 15 is 0 Å². The van der Waals surface area contributed by atoms with E-state index in [-0.39, 0.29) is 6.10 Å². The smallest absolute Gasteiger partial charge is 0.137 e.